The average molecular weight is 368 g/mol. The summed E-state index contributed by atoms with van der Waals surface area (Å²) in [5.74, 6) is 4.08. The van der Waals surface area contributed by atoms with Gasteiger partial charge >= 0.3 is 0 Å². The van der Waals surface area contributed by atoms with Crippen molar-refractivity contribution in [2.45, 2.75) is 108 Å². The lowest BCUT2D eigenvalue weighted by Gasteiger charge is -2.22. The fourth-order valence-electron chi connectivity index (χ4n) is 3.49. The van der Waals surface area contributed by atoms with Crippen LogP contribution in [0.25, 0.3) is 0 Å². The van der Waals surface area contributed by atoms with E-state index in [-0.39, 0.29) is 17.7 Å². The summed E-state index contributed by atoms with van der Waals surface area (Å²) in [6, 6.07) is 8.48. The van der Waals surface area contributed by atoms with Gasteiger partial charge in [-0.3, -0.25) is 0 Å². The number of hydrogen-bond acceptors (Lipinski definition) is 0. The van der Waals surface area contributed by atoms with Gasteiger partial charge in [-0.25, -0.2) is 0 Å². The Morgan fingerprint density at radius 1 is 0.538 bits per heavy atom. The third-order valence-corrected chi connectivity index (χ3v) is 5.83. The molecule has 0 heterocycles. The van der Waals surface area contributed by atoms with Gasteiger partial charge in [-0.1, -0.05) is 129 Å². The van der Waals surface area contributed by atoms with Crippen LogP contribution in [-0.4, -0.2) is 0 Å². The molecule has 2 aliphatic rings. The van der Waals surface area contributed by atoms with E-state index in [0.29, 0.717) is 0 Å². The minimum atomic E-state index is 0. The van der Waals surface area contributed by atoms with Gasteiger partial charge in [0.15, 0.2) is 0 Å². The highest BCUT2D eigenvalue weighted by Gasteiger charge is 2.13. The Bertz CT molecular complexity index is 350. The second-order valence-corrected chi connectivity index (χ2v) is 8.88. The fourth-order valence-corrected chi connectivity index (χ4v) is 3.49. The summed E-state index contributed by atoms with van der Waals surface area (Å²) in [4.78, 5) is 0. The van der Waals surface area contributed by atoms with Crippen LogP contribution in [0.4, 0.5) is 0 Å². The Labute approximate surface area is 170 Å². The lowest BCUT2D eigenvalue weighted by molar-refractivity contribution is 0.308. The Morgan fingerprint density at radius 3 is 0.846 bits per heavy atom. The van der Waals surface area contributed by atoms with Crippen LogP contribution < -0.4 is 0 Å². The number of rotatable bonds is 0. The van der Waals surface area contributed by atoms with Crippen molar-refractivity contribution in [2.24, 2.45) is 23.7 Å². The molecule has 0 N–H and O–H groups in total. The molecule has 0 radical (unpaired) electrons. The first-order valence-corrected chi connectivity index (χ1v) is 10.4. The van der Waals surface area contributed by atoms with Gasteiger partial charge in [0.25, 0.3) is 0 Å². The van der Waals surface area contributed by atoms with Crippen LogP contribution in [0, 0.1) is 37.5 Å². The van der Waals surface area contributed by atoms with Crippen LogP contribution in [0.5, 0.6) is 0 Å². The van der Waals surface area contributed by atoms with E-state index in [1.54, 1.807) is 0 Å². The summed E-state index contributed by atoms with van der Waals surface area (Å²) in [6.45, 7) is 13.7. The molecule has 0 atom stereocenters. The minimum Gasteiger partial charge on any atom is -0.0776 e. The highest BCUT2D eigenvalue weighted by Crippen LogP contribution is 2.27. The molecule has 2 aliphatic carbocycles. The molecular formula is C26H54. The lowest BCUT2D eigenvalue weighted by Crippen LogP contribution is -2.08. The molecule has 1 aromatic rings. The van der Waals surface area contributed by atoms with Gasteiger partial charge in [-0.2, -0.15) is 0 Å². The van der Waals surface area contributed by atoms with Gasteiger partial charge in [0.05, 0.1) is 0 Å². The Morgan fingerprint density at radius 2 is 0.692 bits per heavy atom. The van der Waals surface area contributed by atoms with Crippen molar-refractivity contribution >= 4 is 0 Å². The predicted octanol–water partition coefficient (Wildman–Crippen LogP) is 9.73. The Balaban J connectivity index is -0.000000144. The monoisotopic (exact) mass is 367 g/mol. The van der Waals surface area contributed by atoms with E-state index < -0.39 is 0 Å². The van der Waals surface area contributed by atoms with Crippen molar-refractivity contribution in [1.82, 2.24) is 0 Å². The van der Waals surface area contributed by atoms with Crippen molar-refractivity contribution in [3.05, 3.63) is 35.4 Å². The van der Waals surface area contributed by atoms with Crippen molar-refractivity contribution < 1.29 is 2.85 Å². The van der Waals surface area contributed by atoms with Gasteiger partial charge < -0.3 is 0 Å². The molecule has 0 bridgehead atoms. The van der Waals surface area contributed by atoms with Crippen LogP contribution in [0.15, 0.2) is 24.3 Å². The molecule has 0 spiro atoms. The quantitative estimate of drug-likeness (QED) is 0.428. The molecule has 0 amide bonds. The second-order valence-electron chi connectivity index (χ2n) is 8.88. The van der Waals surface area contributed by atoms with E-state index in [4.69, 9.17) is 0 Å². The van der Waals surface area contributed by atoms with Crippen LogP contribution in [0.1, 0.15) is 108 Å². The molecule has 0 unspecified atom stereocenters. The molecule has 0 nitrogen and oxygen atoms in total. The summed E-state index contributed by atoms with van der Waals surface area (Å²) >= 11 is 0. The van der Waals surface area contributed by atoms with Gasteiger partial charge in [0, 0.05) is 2.85 Å². The lowest BCUT2D eigenvalue weighted by atomic mass is 9.84. The normalized spacial score (nSPS) is 27.3. The third-order valence-electron chi connectivity index (χ3n) is 5.83. The number of benzene rings is 1. The zero-order valence-corrected chi connectivity index (χ0v) is 17.3. The van der Waals surface area contributed by atoms with Crippen LogP contribution in [-0.2, 0) is 0 Å². The SMILES string of the molecule is C.C.CC1CCC(C)CC1.CC1CCC(C)CC1.Cc1ccc(C)cc1.[2HH].[HH]. The van der Waals surface area contributed by atoms with E-state index in [2.05, 4.69) is 65.8 Å². The molecule has 2 saturated carbocycles. The summed E-state index contributed by atoms with van der Waals surface area (Å²) < 4.78 is 0. The van der Waals surface area contributed by atoms with Crippen LogP contribution in [0.2, 0.25) is 0 Å². The van der Waals surface area contributed by atoms with Crippen LogP contribution >= 0.6 is 0 Å². The summed E-state index contributed by atoms with van der Waals surface area (Å²) in [5, 5.41) is 0. The van der Waals surface area contributed by atoms with E-state index in [9.17, 15) is 0 Å². The third kappa shape index (κ3) is 13.4. The van der Waals surface area contributed by atoms with E-state index >= 15 is 0 Å². The number of hydrogen-bond donors (Lipinski definition) is 0. The highest BCUT2D eigenvalue weighted by molar-refractivity contribution is 5.19. The molecule has 0 aromatic heterocycles. The molecule has 158 valence electrons. The van der Waals surface area contributed by atoms with Crippen LogP contribution in [0.3, 0.4) is 0 Å². The maximum atomic E-state index is 2.37. The smallest absolute Gasteiger partial charge is 0 e. The first-order chi connectivity index (χ1) is 11.4. The van der Waals surface area contributed by atoms with Crippen molar-refractivity contribution in [1.29, 1.82) is 0 Å². The first-order valence-electron chi connectivity index (χ1n) is 10.4. The molecular weight excluding hydrogens is 312 g/mol. The summed E-state index contributed by atoms with van der Waals surface area (Å²) in [7, 11) is 0. The summed E-state index contributed by atoms with van der Waals surface area (Å²) in [6.07, 6.45) is 11.8. The van der Waals surface area contributed by atoms with Crippen molar-refractivity contribution in [2.75, 3.05) is 0 Å². The van der Waals surface area contributed by atoms with E-state index in [1.807, 2.05) is 0 Å². The largest absolute Gasteiger partial charge is 0.0776 e. The molecule has 0 saturated heterocycles. The maximum absolute atomic E-state index is 2.37. The van der Waals surface area contributed by atoms with Gasteiger partial charge in [-0.05, 0) is 37.5 Å². The van der Waals surface area contributed by atoms with Crippen molar-refractivity contribution in [3.63, 3.8) is 0 Å². The summed E-state index contributed by atoms with van der Waals surface area (Å²) in [5.41, 5.74) is 2.66. The topological polar surface area (TPSA) is 0 Å². The highest BCUT2D eigenvalue weighted by atomic mass is 14.2. The van der Waals surface area contributed by atoms with Gasteiger partial charge in [-0.15, -0.1) is 0 Å². The zero-order valence-electron chi connectivity index (χ0n) is 17.3. The fraction of sp³-hybridized carbons (Fsp3) is 0.769. The molecule has 0 aliphatic heterocycles. The van der Waals surface area contributed by atoms with E-state index in [1.165, 1.54) is 62.5 Å². The Hall–Kier alpha value is -0.780. The predicted molar refractivity (Wildman–Crippen MR) is 127 cm³/mol. The molecule has 1 aromatic carbocycles. The number of aryl methyl sites for hydroxylation is 2. The standard InChI is InChI=1S/2C8H16.C8H10.2CH4.2H2/c3*1-7-3-5-8(2)6-4-7;;;;/h2*7-8H,3-6H2,1-2H3;3-6H,1-2H3;2*1H4;2*1H/i;;;;;1+1;. The average Bonchev–Trinajstić information content (AvgIpc) is 2.57. The second kappa shape index (κ2) is 15.3. The van der Waals surface area contributed by atoms with Gasteiger partial charge in [0.1, 0.15) is 0 Å². The van der Waals surface area contributed by atoms with E-state index in [0.717, 1.165) is 23.7 Å². The molecule has 26 heavy (non-hydrogen) atoms. The van der Waals surface area contributed by atoms with Gasteiger partial charge in [0.2, 0.25) is 0 Å². The molecule has 3 rings (SSSR count). The minimum absolute atomic E-state index is 0. The molecule has 0 heteroatoms. The zero-order chi connectivity index (χ0) is 17.9. The first kappa shape index (κ1) is 27.4. The maximum Gasteiger partial charge on any atom is 0 e. The van der Waals surface area contributed by atoms with Crippen molar-refractivity contribution in [3.8, 4) is 0 Å². The molecule has 2 fully saturated rings. The Kier molecular flexibility index (Phi) is 16.1.